The Labute approximate surface area is 306 Å². The quantitative estimate of drug-likeness (QED) is 0.0935. The van der Waals surface area contributed by atoms with Crippen molar-refractivity contribution in [1.82, 2.24) is 35.6 Å². The van der Waals surface area contributed by atoms with Crippen LogP contribution in [0.25, 0.3) is 10.9 Å². The summed E-state index contributed by atoms with van der Waals surface area (Å²) in [7, 11) is 2.53. The maximum atomic E-state index is 13.9. The van der Waals surface area contributed by atoms with Crippen molar-refractivity contribution in [3.63, 3.8) is 0 Å². The largest absolute Gasteiger partial charge is 0.453 e. The van der Waals surface area contributed by atoms with E-state index in [0.717, 1.165) is 0 Å². The fraction of sp³-hybridized carbons (Fsp3) is 0.417. The molecule has 4 rings (SSSR count). The molecule has 0 saturated carbocycles. The molecular formula is C36H46N8O9. The van der Waals surface area contributed by atoms with E-state index in [1.54, 1.807) is 54.3 Å². The number of amides is 7. The van der Waals surface area contributed by atoms with Gasteiger partial charge in [0.1, 0.15) is 0 Å². The number of para-hydroxylation sites is 1. The first-order valence-electron chi connectivity index (χ1n) is 17.4. The standard InChI is InChI=1S/C36H46N8O9/c1-24-22-42(31(46)25-12-5-4-6-13-25)20-21-43(24)32(47)30(45)27-23-44(34(49)38-17-8-10-19-40-36(51)53-3)29-26(27)14-11-15-28(29)41-33(48)37-16-7-9-18-39-35(50)52-2/h4-6,11-15,23-24H,7-10,16-22H2,1-3H3,(H,38,49)(H,39,50)(H,40,51)(H2,37,41,48)/t24-/m1/s1. The lowest BCUT2D eigenvalue weighted by molar-refractivity contribution is -0.130. The molecule has 0 unspecified atom stereocenters. The number of hydrogen-bond acceptors (Lipinski definition) is 9. The highest BCUT2D eigenvalue weighted by Gasteiger charge is 2.35. The number of anilines is 1. The summed E-state index contributed by atoms with van der Waals surface area (Å²) in [6.07, 6.45) is 2.39. The molecule has 1 saturated heterocycles. The van der Waals surface area contributed by atoms with Crippen LogP contribution < -0.4 is 26.6 Å². The number of urea groups is 1. The van der Waals surface area contributed by atoms with Gasteiger partial charge < -0.3 is 45.9 Å². The van der Waals surface area contributed by atoms with E-state index in [9.17, 15) is 33.6 Å². The van der Waals surface area contributed by atoms with Gasteiger partial charge in [-0.05, 0) is 50.8 Å². The van der Waals surface area contributed by atoms with Gasteiger partial charge in [0.05, 0.1) is 31.0 Å². The van der Waals surface area contributed by atoms with Crippen molar-refractivity contribution in [2.75, 3.05) is 65.3 Å². The number of benzene rings is 2. The highest BCUT2D eigenvalue weighted by Crippen LogP contribution is 2.30. The van der Waals surface area contributed by atoms with Gasteiger partial charge in [-0.3, -0.25) is 19.0 Å². The summed E-state index contributed by atoms with van der Waals surface area (Å²) < 4.78 is 10.3. The minimum atomic E-state index is -0.840. The number of ketones is 1. The molecule has 53 heavy (non-hydrogen) atoms. The zero-order chi connectivity index (χ0) is 38.3. The number of carbonyl (C=O) groups is 7. The van der Waals surface area contributed by atoms with Crippen LogP contribution in [0.5, 0.6) is 0 Å². The second-order valence-corrected chi connectivity index (χ2v) is 12.3. The number of Topliss-reactive ketones (excluding diaryl/α,β-unsaturated/α-hetero) is 1. The summed E-state index contributed by atoms with van der Waals surface area (Å²) in [5.74, 6) is -1.78. The summed E-state index contributed by atoms with van der Waals surface area (Å²) in [6.45, 7) is 3.61. The van der Waals surface area contributed by atoms with E-state index >= 15 is 0 Å². The lowest BCUT2D eigenvalue weighted by Gasteiger charge is -2.39. The zero-order valence-corrected chi connectivity index (χ0v) is 30.1. The summed E-state index contributed by atoms with van der Waals surface area (Å²) in [6, 6.07) is 12.0. The van der Waals surface area contributed by atoms with E-state index in [4.69, 9.17) is 0 Å². The van der Waals surface area contributed by atoms with E-state index < -0.39 is 42.0 Å². The molecule has 0 aliphatic carbocycles. The molecule has 0 bridgehead atoms. The predicted octanol–water partition coefficient (Wildman–Crippen LogP) is 3.15. The van der Waals surface area contributed by atoms with Gasteiger partial charge in [0, 0.05) is 69.0 Å². The Morgan fingerprint density at radius 2 is 1.34 bits per heavy atom. The number of ether oxygens (including phenoxy) is 2. The molecule has 284 valence electrons. The average molecular weight is 735 g/mol. The number of carbonyl (C=O) groups excluding carboxylic acids is 7. The SMILES string of the molecule is COC(=O)NCCCCNC(=O)Nc1cccc2c(C(=O)C(=O)N3CCN(C(=O)c4ccccc4)C[C@H]3C)cn(C(=O)NCCCCNC(=O)OC)c12. The lowest BCUT2D eigenvalue weighted by Crippen LogP contribution is -2.56. The smallest absolute Gasteiger partial charge is 0.406 e. The number of hydrogen-bond donors (Lipinski definition) is 5. The first-order chi connectivity index (χ1) is 25.5. The van der Waals surface area contributed by atoms with E-state index in [1.807, 2.05) is 6.07 Å². The Morgan fingerprint density at radius 3 is 1.94 bits per heavy atom. The minimum absolute atomic E-state index is 0.0282. The molecule has 2 heterocycles. The molecule has 17 heteroatoms. The van der Waals surface area contributed by atoms with Gasteiger partial charge in [-0.2, -0.15) is 0 Å². The maximum absolute atomic E-state index is 13.9. The predicted molar refractivity (Wildman–Crippen MR) is 195 cm³/mol. The molecule has 3 aromatic rings. The highest BCUT2D eigenvalue weighted by atomic mass is 16.5. The first kappa shape index (κ1) is 39.7. The summed E-state index contributed by atoms with van der Waals surface area (Å²) >= 11 is 0. The van der Waals surface area contributed by atoms with Crippen LogP contribution in [0.1, 0.15) is 53.3 Å². The highest BCUT2D eigenvalue weighted by molar-refractivity contribution is 6.45. The topological polar surface area (TPSA) is 210 Å². The molecule has 0 spiro atoms. The number of methoxy groups -OCH3 is 2. The summed E-state index contributed by atoms with van der Waals surface area (Å²) in [5, 5.41) is 13.7. The van der Waals surface area contributed by atoms with Crippen molar-refractivity contribution >= 4 is 58.4 Å². The maximum Gasteiger partial charge on any atom is 0.406 e. The van der Waals surface area contributed by atoms with Crippen molar-refractivity contribution in [3.05, 3.63) is 65.9 Å². The van der Waals surface area contributed by atoms with E-state index in [1.165, 1.54) is 29.9 Å². The molecule has 5 N–H and O–H groups in total. The molecular weight excluding hydrogens is 688 g/mol. The summed E-state index contributed by atoms with van der Waals surface area (Å²) in [4.78, 5) is 92.7. The Balaban J connectivity index is 1.50. The Morgan fingerprint density at radius 1 is 0.736 bits per heavy atom. The van der Waals surface area contributed by atoms with Crippen molar-refractivity contribution < 1.29 is 43.0 Å². The number of rotatable bonds is 14. The van der Waals surface area contributed by atoms with Gasteiger partial charge in [0.2, 0.25) is 0 Å². The van der Waals surface area contributed by atoms with Gasteiger partial charge in [-0.1, -0.05) is 30.3 Å². The Kier molecular flexibility index (Phi) is 14.6. The fourth-order valence-corrected chi connectivity index (χ4v) is 5.85. The van der Waals surface area contributed by atoms with Crippen LogP contribution in [0, 0.1) is 0 Å². The second kappa shape index (κ2) is 19.5. The third-order valence-corrected chi connectivity index (χ3v) is 8.61. The molecule has 1 atom stereocenters. The Bertz CT molecular complexity index is 1800. The van der Waals surface area contributed by atoms with Crippen LogP contribution in [0.2, 0.25) is 0 Å². The molecule has 1 aliphatic heterocycles. The lowest BCUT2D eigenvalue weighted by atomic mass is 10.1. The van der Waals surface area contributed by atoms with Crippen LogP contribution in [-0.2, 0) is 14.3 Å². The van der Waals surface area contributed by atoms with Gasteiger partial charge >= 0.3 is 24.2 Å². The number of alkyl carbamates (subject to hydrolysis) is 2. The van der Waals surface area contributed by atoms with Crippen LogP contribution in [0.3, 0.4) is 0 Å². The first-order valence-corrected chi connectivity index (χ1v) is 17.4. The molecule has 1 aromatic heterocycles. The molecule has 0 radical (unpaired) electrons. The van der Waals surface area contributed by atoms with Crippen molar-refractivity contribution in [1.29, 1.82) is 0 Å². The van der Waals surface area contributed by atoms with Crippen LogP contribution in [0.15, 0.2) is 54.7 Å². The number of fused-ring (bicyclic) bond motifs is 1. The second-order valence-electron chi connectivity index (χ2n) is 12.3. The van der Waals surface area contributed by atoms with Crippen molar-refractivity contribution in [2.45, 2.75) is 38.6 Å². The average Bonchev–Trinajstić information content (AvgIpc) is 3.57. The van der Waals surface area contributed by atoms with Gasteiger partial charge in [0.15, 0.2) is 0 Å². The molecule has 17 nitrogen and oxygen atoms in total. The normalized spacial score (nSPS) is 13.8. The molecule has 1 aliphatic rings. The minimum Gasteiger partial charge on any atom is -0.453 e. The molecule has 7 amide bonds. The van der Waals surface area contributed by atoms with Crippen molar-refractivity contribution in [2.24, 2.45) is 0 Å². The van der Waals surface area contributed by atoms with Crippen LogP contribution in [0.4, 0.5) is 24.9 Å². The van der Waals surface area contributed by atoms with Gasteiger partial charge in [-0.25, -0.2) is 19.2 Å². The van der Waals surface area contributed by atoms with Crippen LogP contribution in [-0.4, -0.2) is 122 Å². The molecule has 1 fully saturated rings. The zero-order valence-electron chi connectivity index (χ0n) is 30.1. The molecule has 2 aromatic carbocycles. The van der Waals surface area contributed by atoms with E-state index in [0.29, 0.717) is 44.3 Å². The number of piperazine rings is 1. The summed E-state index contributed by atoms with van der Waals surface area (Å²) in [5.41, 5.74) is 0.931. The van der Waals surface area contributed by atoms with E-state index in [2.05, 4.69) is 36.1 Å². The van der Waals surface area contributed by atoms with E-state index in [-0.39, 0.29) is 60.8 Å². The van der Waals surface area contributed by atoms with Gasteiger partial charge in [-0.15, -0.1) is 0 Å². The third-order valence-electron chi connectivity index (χ3n) is 8.61. The fourth-order valence-electron chi connectivity index (χ4n) is 5.85. The van der Waals surface area contributed by atoms with Gasteiger partial charge in [0.25, 0.3) is 17.6 Å². The van der Waals surface area contributed by atoms with Crippen molar-refractivity contribution in [3.8, 4) is 0 Å². The number of nitrogens with zero attached hydrogens (tertiary/aromatic N) is 3. The number of unbranched alkanes of at least 4 members (excludes halogenated alkanes) is 2. The van der Waals surface area contributed by atoms with Crippen LogP contribution >= 0.6 is 0 Å². The number of nitrogens with one attached hydrogen (secondary N) is 5. The monoisotopic (exact) mass is 734 g/mol. The third kappa shape index (κ3) is 10.7. The number of aromatic nitrogens is 1. The Hall–Kier alpha value is -6.13.